The normalized spacial score (nSPS) is 19.8. The first-order chi connectivity index (χ1) is 7.18. The van der Waals surface area contributed by atoms with Crippen LogP contribution in [0.3, 0.4) is 0 Å². The van der Waals surface area contributed by atoms with Crippen LogP contribution in [0.1, 0.15) is 32.1 Å². The van der Waals surface area contributed by atoms with E-state index in [0.717, 1.165) is 12.5 Å². The van der Waals surface area contributed by atoms with Gasteiger partial charge in [0.25, 0.3) is 0 Å². The summed E-state index contributed by atoms with van der Waals surface area (Å²) in [6.07, 6.45) is 7.99. The van der Waals surface area contributed by atoms with Crippen molar-refractivity contribution < 1.29 is 9.00 Å². The smallest absolute Gasteiger partial charge is 0.245 e. The maximum absolute atomic E-state index is 11.1. The van der Waals surface area contributed by atoms with E-state index in [4.69, 9.17) is 0 Å². The molecular weight excluding hydrogens is 212 g/mol. The second-order valence-corrected chi connectivity index (χ2v) is 5.23. The van der Waals surface area contributed by atoms with E-state index in [2.05, 4.69) is 10.0 Å². The molecule has 1 aliphatic carbocycles. The molecule has 1 amide bonds. The number of rotatable bonds is 5. The second kappa shape index (κ2) is 6.95. The van der Waals surface area contributed by atoms with Gasteiger partial charge in [0.2, 0.25) is 5.91 Å². The van der Waals surface area contributed by atoms with Crippen molar-refractivity contribution in [1.82, 2.24) is 10.0 Å². The van der Waals surface area contributed by atoms with Crippen LogP contribution in [0.25, 0.3) is 0 Å². The zero-order chi connectivity index (χ0) is 11.1. The summed E-state index contributed by atoms with van der Waals surface area (Å²) in [7, 11) is -1.24. The molecule has 5 heteroatoms. The molecule has 0 aromatic heterocycles. The fourth-order valence-electron chi connectivity index (χ4n) is 1.98. The van der Waals surface area contributed by atoms with Crippen molar-refractivity contribution in [2.24, 2.45) is 5.92 Å². The number of hydrogen-bond donors (Lipinski definition) is 2. The first-order valence-corrected chi connectivity index (χ1v) is 7.08. The average molecular weight is 232 g/mol. The largest absolute Gasteiger partial charge is 0.308 e. The van der Waals surface area contributed by atoms with Gasteiger partial charge in [0.15, 0.2) is 0 Å². The number of nitrogens with one attached hydrogen (secondary N) is 2. The van der Waals surface area contributed by atoms with Gasteiger partial charge in [-0.15, -0.1) is 0 Å². The molecule has 1 saturated carbocycles. The second-order valence-electron chi connectivity index (χ2n) is 4.11. The molecule has 88 valence electrons. The van der Waals surface area contributed by atoms with Crippen LogP contribution in [0.4, 0.5) is 0 Å². The Kier molecular flexibility index (Phi) is 5.86. The van der Waals surface area contributed by atoms with Gasteiger partial charge in [-0.25, -0.2) is 4.21 Å². The third kappa shape index (κ3) is 5.89. The molecular formula is C10H20N2O2S. The van der Waals surface area contributed by atoms with E-state index in [1.165, 1.54) is 38.4 Å². The first kappa shape index (κ1) is 12.6. The molecule has 1 unspecified atom stereocenters. The lowest BCUT2D eigenvalue weighted by molar-refractivity contribution is -0.118. The van der Waals surface area contributed by atoms with Gasteiger partial charge in [0.05, 0.1) is 6.54 Å². The maximum Gasteiger partial charge on any atom is 0.245 e. The standard InChI is InChI=1S/C10H20N2O2S/c1-15(14)12-10(13)8-11-7-9-5-3-2-4-6-9/h9,11H,2-8H2,1H3,(H,12,13). The molecule has 0 aliphatic heterocycles. The summed E-state index contributed by atoms with van der Waals surface area (Å²) in [5.41, 5.74) is 0. The summed E-state index contributed by atoms with van der Waals surface area (Å²) in [5, 5.41) is 3.11. The molecule has 1 aliphatic rings. The highest BCUT2D eigenvalue weighted by Gasteiger charge is 2.13. The van der Waals surface area contributed by atoms with Crippen LogP contribution >= 0.6 is 0 Å². The monoisotopic (exact) mass is 232 g/mol. The maximum atomic E-state index is 11.1. The van der Waals surface area contributed by atoms with Crippen LogP contribution in [0.2, 0.25) is 0 Å². The van der Waals surface area contributed by atoms with Gasteiger partial charge >= 0.3 is 0 Å². The Balaban J connectivity index is 2.04. The van der Waals surface area contributed by atoms with Gasteiger partial charge in [0, 0.05) is 6.26 Å². The van der Waals surface area contributed by atoms with E-state index in [1.807, 2.05) is 0 Å². The predicted molar refractivity (Wildman–Crippen MR) is 61.7 cm³/mol. The first-order valence-electron chi connectivity index (χ1n) is 5.52. The summed E-state index contributed by atoms with van der Waals surface area (Å²) >= 11 is 0. The van der Waals surface area contributed by atoms with Crippen molar-refractivity contribution in [3.05, 3.63) is 0 Å². The predicted octanol–water partition coefficient (Wildman–Crippen LogP) is 0.566. The minimum atomic E-state index is -1.24. The zero-order valence-electron chi connectivity index (χ0n) is 9.25. The Morgan fingerprint density at radius 3 is 2.60 bits per heavy atom. The molecule has 0 heterocycles. The van der Waals surface area contributed by atoms with E-state index in [0.29, 0.717) is 0 Å². The van der Waals surface area contributed by atoms with Crippen LogP contribution in [0.15, 0.2) is 0 Å². The number of amides is 1. The van der Waals surface area contributed by atoms with Crippen LogP contribution in [0, 0.1) is 5.92 Å². The lowest BCUT2D eigenvalue weighted by atomic mass is 9.89. The van der Waals surface area contributed by atoms with Crippen molar-refractivity contribution in [3.63, 3.8) is 0 Å². The fraction of sp³-hybridized carbons (Fsp3) is 0.900. The van der Waals surface area contributed by atoms with Gasteiger partial charge in [0.1, 0.15) is 11.0 Å². The summed E-state index contributed by atoms with van der Waals surface area (Å²) in [5.74, 6) is 0.533. The fourth-order valence-corrected chi connectivity index (χ4v) is 2.37. The summed E-state index contributed by atoms with van der Waals surface area (Å²) in [6, 6.07) is 0. The molecule has 4 nitrogen and oxygen atoms in total. The lowest BCUT2D eigenvalue weighted by Crippen LogP contribution is -2.36. The minimum absolute atomic E-state index is 0.188. The Bertz CT molecular complexity index is 227. The van der Waals surface area contributed by atoms with Crippen LogP contribution in [-0.2, 0) is 15.8 Å². The third-order valence-electron chi connectivity index (χ3n) is 2.70. The van der Waals surface area contributed by atoms with Gasteiger partial charge in [-0.2, -0.15) is 0 Å². The number of carbonyl (C=O) groups excluding carboxylic acids is 1. The summed E-state index contributed by atoms with van der Waals surface area (Å²) < 4.78 is 13.0. The average Bonchev–Trinajstić information content (AvgIpc) is 2.18. The number of carbonyl (C=O) groups is 1. The molecule has 0 radical (unpaired) electrons. The Hall–Kier alpha value is -0.420. The Morgan fingerprint density at radius 2 is 2.00 bits per heavy atom. The Morgan fingerprint density at radius 1 is 1.33 bits per heavy atom. The van der Waals surface area contributed by atoms with E-state index >= 15 is 0 Å². The van der Waals surface area contributed by atoms with Crippen LogP contribution in [-0.4, -0.2) is 29.5 Å². The zero-order valence-corrected chi connectivity index (χ0v) is 10.1. The molecule has 2 N–H and O–H groups in total. The van der Waals surface area contributed by atoms with Crippen molar-refractivity contribution in [2.45, 2.75) is 32.1 Å². The van der Waals surface area contributed by atoms with Crippen molar-refractivity contribution in [3.8, 4) is 0 Å². The molecule has 0 aromatic carbocycles. The quantitative estimate of drug-likeness (QED) is 0.728. The molecule has 0 aromatic rings. The highest BCUT2D eigenvalue weighted by atomic mass is 32.2. The van der Waals surface area contributed by atoms with Crippen LogP contribution < -0.4 is 10.0 Å². The summed E-state index contributed by atoms with van der Waals surface area (Å²) in [4.78, 5) is 11.1. The molecule has 0 saturated heterocycles. The van der Waals surface area contributed by atoms with E-state index in [1.54, 1.807) is 0 Å². The number of hydrogen-bond acceptors (Lipinski definition) is 3. The molecule has 1 fully saturated rings. The minimum Gasteiger partial charge on any atom is -0.308 e. The molecule has 1 atom stereocenters. The van der Waals surface area contributed by atoms with E-state index in [9.17, 15) is 9.00 Å². The van der Waals surface area contributed by atoms with E-state index in [-0.39, 0.29) is 12.5 Å². The highest BCUT2D eigenvalue weighted by molar-refractivity contribution is 7.82. The Labute approximate surface area is 93.8 Å². The lowest BCUT2D eigenvalue weighted by Gasteiger charge is -2.21. The summed E-state index contributed by atoms with van der Waals surface area (Å²) in [6.45, 7) is 1.18. The third-order valence-corrected chi connectivity index (χ3v) is 3.22. The van der Waals surface area contributed by atoms with Gasteiger partial charge in [-0.05, 0) is 25.3 Å². The molecule has 15 heavy (non-hydrogen) atoms. The van der Waals surface area contributed by atoms with Crippen molar-refractivity contribution in [2.75, 3.05) is 19.3 Å². The van der Waals surface area contributed by atoms with Crippen molar-refractivity contribution in [1.29, 1.82) is 0 Å². The molecule has 0 bridgehead atoms. The topological polar surface area (TPSA) is 58.2 Å². The molecule has 0 spiro atoms. The van der Waals surface area contributed by atoms with Gasteiger partial charge in [-0.1, -0.05) is 19.3 Å². The highest BCUT2D eigenvalue weighted by Crippen LogP contribution is 2.22. The molecule has 1 rings (SSSR count). The van der Waals surface area contributed by atoms with Crippen molar-refractivity contribution >= 4 is 16.9 Å². The SMILES string of the molecule is CS(=O)NC(=O)CNCC1CCCCC1. The van der Waals surface area contributed by atoms with Crippen LogP contribution in [0.5, 0.6) is 0 Å². The van der Waals surface area contributed by atoms with Gasteiger partial charge < -0.3 is 5.32 Å². The van der Waals surface area contributed by atoms with Gasteiger partial charge in [-0.3, -0.25) is 9.52 Å². The van der Waals surface area contributed by atoms with E-state index < -0.39 is 11.0 Å².